The number of amides is 1. The van der Waals surface area contributed by atoms with Crippen LogP contribution in [0.15, 0.2) is 58.7 Å². The van der Waals surface area contributed by atoms with Crippen molar-refractivity contribution in [2.75, 3.05) is 0 Å². The van der Waals surface area contributed by atoms with Gasteiger partial charge in [-0.2, -0.15) is 0 Å². The van der Waals surface area contributed by atoms with E-state index in [1.54, 1.807) is 12.4 Å². The second-order valence-corrected chi connectivity index (χ2v) is 8.01. The van der Waals surface area contributed by atoms with Gasteiger partial charge in [0.15, 0.2) is 5.17 Å². The molecule has 144 valence electrons. The van der Waals surface area contributed by atoms with Gasteiger partial charge in [0.2, 0.25) is 0 Å². The third-order valence-corrected chi connectivity index (χ3v) is 5.77. The number of nitrogens with zero attached hydrogens (tertiary/aromatic N) is 2. The second kappa shape index (κ2) is 9.06. The molecular weight excluding hydrogens is 370 g/mol. The molecule has 1 saturated heterocycles. The zero-order chi connectivity index (χ0) is 19.2. The minimum Gasteiger partial charge on any atom is -0.488 e. The number of rotatable bonds is 5. The van der Waals surface area contributed by atoms with Crippen LogP contribution in [0.25, 0.3) is 6.08 Å². The molecule has 2 fully saturated rings. The van der Waals surface area contributed by atoms with Crippen molar-refractivity contribution in [1.29, 1.82) is 0 Å². The summed E-state index contributed by atoms with van der Waals surface area (Å²) in [7, 11) is 0. The van der Waals surface area contributed by atoms with Crippen LogP contribution in [0.4, 0.5) is 0 Å². The zero-order valence-electron chi connectivity index (χ0n) is 15.6. The lowest BCUT2D eigenvalue weighted by atomic mass is 9.96. The molecule has 2 heterocycles. The van der Waals surface area contributed by atoms with Crippen molar-refractivity contribution < 1.29 is 9.53 Å². The molecule has 2 aromatic rings. The van der Waals surface area contributed by atoms with Gasteiger partial charge in [0.25, 0.3) is 5.91 Å². The summed E-state index contributed by atoms with van der Waals surface area (Å²) in [6.45, 7) is 0.432. The molecule has 0 unspecified atom stereocenters. The maximum Gasteiger partial charge on any atom is 0.264 e. The van der Waals surface area contributed by atoms with E-state index in [1.807, 2.05) is 42.5 Å². The fourth-order valence-corrected chi connectivity index (χ4v) is 4.26. The van der Waals surface area contributed by atoms with Gasteiger partial charge in [-0.3, -0.25) is 14.8 Å². The van der Waals surface area contributed by atoms with Crippen molar-refractivity contribution in [3.63, 3.8) is 0 Å². The van der Waals surface area contributed by atoms with E-state index in [4.69, 9.17) is 9.73 Å². The molecule has 1 N–H and O–H groups in total. The van der Waals surface area contributed by atoms with E-state index in [1.165, 1.54) is 31.0 Å². The van der Waals surface area contributed by atoms with Gasteiger partial charge in [-0.15, -0.1) is 0 Å². The van der Waals surface area contributed by atoms with Crippen LogP contribution in [0.3, 0.4) is 0 Å². The number of hydrogen-bond donors (Lipinski definition) is 1. The molecule has 0 radical (unpaired) electrons. The Morgan fingerprint density at radius 1 is 1.18 bits per heavy atom. The van der Waals surface area contributed by atoms with E-state index in [2.05, 4.69) is 10.3 Å². The van der Waals surface area contributed by atoms with Crippen molar-refractivity contribution in [2.45, 2.75) is 44.8 Å². The molecule has 0 bridgehead atoms. The Morgan fingerprint density at radius 3 is 2.86 bits per heavy atom. The second-order valence-electron chi connectivity index (χ2n) is 6.98. The van der Waals surface area contributed by atoms with Crippen LogP contribution < -0.4 is 10.1 Å². The standard InChI is InChI=1S/C22H23N3O2S/c26-21-20(28-22(25-21)24-18-9-2-1-3-10-18)13-17-8-4-5-11-19(17)27-15-16-7-6-12-23-14-16/h4-8,11-14,18H,1-3,9-10,15H2,(H,24,25,26)/b20-13-. The van der Waals surface area contributed by atoms with E-state index in [0.717, 1.165) is 34.9 Å². The lowest BCUT2D eigenvalue weighted by Gasteiger charge is -2.17. The number of ether oxygens (including phenoxy) is 1. The minimum atomic E-state index is -0.0957. The predicted octanol–water partition coefficient (Wildman–Crippen LogP) is 4.55. The Hall–Kier alpha value is -2.60. The summed E-state index contributed by atoms with van der Waals surface area (Å²) in [6, 6.07) is 11.9. The fraction of sp³-hybridized carbons (Fsp3) is 0.318. The van der Waals surface area contributed by atoms with Crippen molar-refractivity contribution in [3.05, 3.63) is 64.8 Å². The summed E-state index contributed by atoms with van der Waals surface area (Å²) >= 11 is 1.42. The average Bonchev–Trinajstić information content (AvgIpc) is 3.07. The Labute approximate surface area is 169 Å². The van der Waals surface area contributed by atoms with Crippen LogP contribution in [0.5, 0.6) is 5.75 Å². The first-order valence-corrected chi connectivity index (χ1v) is 10.5. The van der Waals surface area contributed by atoms with Crippen LogP contribution in [0.1, 0.15) is 43.2 Å². The molecule has 1 aliphatic heterocycles. The van der Waals surface area contributed by atoms with Crippen LogP contribution in [-0.4, -0.2) is 22.1 Å². The van der Waals surface area contributed by atoms with Gasteiger partial charge in [-0.05, 0) is 42.8 Å². The van der Waals surface area contributed by atoms with Crippen molar-refractivity contribution in [1.82, 2.24) is 10.3 Å². The van der Waals surface area contributed by atoms with Crippen LogP contribution in [0.2, 0.25) is 0 Å². The van der Waals surface area contributed by atoms with Crippen molar-refractivity contribution in [3.8, 4) is 5.75 Å². The van der Waals surface area contributed by atoms with Crippen LogP contribution in [0, 0.1) is 0 Å². The molecule has 1 aliphatic carbocycles. The molecule has 5 nitrogen and oxygen atoms in total. The van der Waals surface area contributed by atoms with Gasteiger partial charge in [0, 0.05) is 23.5 Å². The summed E-state index contributed by atoms with van der Waals surface area (Å²) in [4.78, 5) is 21.9. The number of pyridine rings is 1. The van der Waals surface area contributed by atoms with E-state index < -0.39 is 0 Å². The Bertz CT molecular complexity index is 890. The number of thioether (sulfide) groups is 1. The largest absolute Gasteiger partial charge is 0.488 e. The third-order valence-electron chi connectivity index (χ3n) is 4.85. The average molecular weight is 394 g/mol. The number of aromatic nitrogens is 1. The van der Waals surface area contributed by atoms with Gasteiger partial charge in [-0.1, -0.05) is 43.5 Å². The Kier molecular flexibility index (Phi) is 6.07. The summed E-state index contributed by atoms with van der Waals surface area (Å²) in [5.41, 5.74) is 1.88. The number of hydrogen-bond acceptors (Lipinski definition) is 5. The molecule has 1 aromatic heterocycles. The maximum atomic E-state index is 12.4. The fourth-order valence-electron chi connectivity index (χ4n) is 3.38. The Morgan fingerprint density at radius 2 is 2.04 bits per heavy atom. The summed E-state index contributed by atoms with van der Waals surface area (Å²) in [5, 5.41) is 3.62. The monoisotopic (exact) mass is 393 g/mol. The molecule has 1 amide bonds. The Balaban J connectivity index is 1.47. The summed E-state index contributed by atoms with van der Waals surface area (Å²) in [6.07, 6.45) is 11.4. The van der Waals surface area contributed by atoms with Gasteiger partial charge >= 0.3 is 0 Å². The molecule has 4 rings (SSSR count). The molecule has 6 heteroatoms. The lowest BCUT2D eigenvalue weighted by Crippen LogP contribution is -2.22. The van der Waals surface area contributed by atoms with Crippen molar-refractivity contribution in [2.24, 2.45) is 4.99 Å². The molecule has 1 saturated carbocycles. The quantitative estimate of drug-likeness (QED) is 0.757. The summed E-state index contributed by atoms with van der Waals surface area (Å²) in [5.74, 6) is 0.645. The number of aliphatic imine (C=N–C) groups is 1. The van der Waals surface area contributed by atoms with Gasteiger partial charge < -0.3 is 10.1 Å². The predicted molar refractivity (Wildman–Crippen MR) is 113 cm³/mol. The molecule has 28 heavy (non-hydrogen) atoms. The maximum absolute atomic E-state index is 12.4. The highest BCUT2D eigenvalue weighted by molar-refractivity contribution is 8.18. The third kappa shape index (κ3) is 4.81. The number of para-hydroxylation sites is 1. The molecule has 0 spiro atoms. The van der Waals surface area contributed by atoms with E-state index in [0.29, 0.717) is 17.6 Å². The molecule has 2 aliphatic rings. The number of carbonyl (C=O) groups is 1. The van der Waals surface area contributed by atoms with Crippen LogP contribution in [-0.2, 0) is 11.4 Å². The smallest absolute Gasteiger partial charge is 0.264 e. The number of amidine groups is 1. The first-order chi connectivity index (χ1) is 13.8. The summed E-state index contributed by atoms with van der Waals surface area (Å²) < 4.78 is 5.96. The highest BCUT2D eigenvalue weighted by Crippen LogP contribution is 2.31. The topological polar surface area (TPSA) is 63.6 Å². The van der Waals surface area contributed by atoms with Gasteiger partial charge in [0.05, 0.1) is 10.9 Å². The highest BCUT2D eigenvalue weighted by Gasteiger charge is 2.25. The van der Waals surface area contributed by atoms with E-state index in [-0.39, 0.29) is 5.91 Å². The first-order valence-electron chi connectivity index (χ1n) is 9.67. The van der Waals surface area contributed by atoms with Gasteiger partial charge in [0.1, 0.15) is 12.4 Å². The highest BCUT2D eigenvalue weighted by atomic mass is 32.2. The minimum absolute atomic E-state index is 0.0957. The first kappa shape index (κ1) is 18.7. The van der Waals surface area contributed by atoms with E-state index in [9.17, 15) is 4.79 Å². The SMILES string of the molecule is O=C1NC(=NC2CCCCC2)S/C1=C\c1ccccc1OCc1cccnc1. The van der Waals surface area contributed by atoms with Gasteiger partial charge in [-0.25, -0.2) is 0 Å². The van der Waals surface area contributed by atoms with Crippen LogP contribution >= 0.6 is 11.8 Å². The number of benzene rings is 1. The van der Waals surface area contributed by atoms with Crippen molar-refractivity contribution >= 4 is 28.9 Å². The lowest BCUT2D eigenvalue weighted by molar-refractivity contribution is -0.115. The normalized spacial score (nSPS) is 20.5. The zero-order valence-corrected chi connectivity index (χ0v) is 16.5. The number of carbonyl (C=O) groups excluding carboxylic acids is 1. The number of nitrogens with one attached hydrogen (secondary N) is 1. The molecular formula is C22H23N3O2S. The molecule has 0 atom stereocenters. The van der Waals surface area contributed by atoms with E-state index >= 15 is 0 Å². The molecule has 1 aromatic carbocycles.